The minimum atomic E-state index is -2.77. The summed E-state index contributed by atoms with van der Waals surface area (Å²) in [6.07, 6.45) is -3.76. The fourth-order valence-electron chi connectivity index (χ4n) is 1.63. The van der Waals surface area contributed by atoms with Crippen LogP contribution in [0.3, 0.4) is 0 Å². The highest BCUT2D eigenvalue weighted by Crippen LogP contribution is 2.32. The highest BCUT2D eigenvalue weighted by Gasteiger charge is 2.24. The molecule has 0 aliphatic rings. The van der Waals surface area contributed by atoms with Crippen LogP contribution in [0.2, 0.25) is 10.0 Å². The van der Waals surface area contributed by atoms with Gasteiger partial charge in [0.05, 0.1) is 23.2 Å². The van der Waals surface area contributed by atoms with Crippen LogP contribution in [-0.4, -0.2) is 46.6 Å². The number of hydrogen-bond acceptors (Lipinski definition) is 3. The maximum Gasteiger partial charge on any atom is 0.258 e. The minimum absolute atomic E-state index is 0.0881. The van der Waals surface area contributed by atoms with Gasteiger partial charge in [0.1, 0.15) is 5.75 Å². The van der Waals surface area contributed by atoms with E-state index in [2.05, 4.69) is 0 Å². The second-order valence-electron chi connectivity index (χ2n) is 4.23. The van der Waals surface area contributed by atoms with E-state index in [0.29, 0.717) is 0 Å². The number of nitrogens with zero attached hydrogens (tertiary/aromatic N) is 1. The average Bonchev–Trinajstić information content (AvgIpc) is 2.30. The molecule has 8 heteroatoms. The lowest BCUT2D eigenvalue weighted by atomic mass is 10.1. The van der Waals surface area contributed by atoms with Gasteiger partial charge in [-0.3, -0.25) is 4.79 Å². The Hall–Kier alpha value is -1.11. The number of hydrogen-bond donors (Lipinski definition) is 2. The number of rotatable bonds is 5. The third-order valence-electron chi connectivity index (χ3n) is 2.39. The summed E-state index contributed by atoms with van der Waals surface area (Å²) in [5.41, 5.74) is -0.288. The molecule has 0 saturated heterocycles. The van der Waals surface area contributed by atoms with E-state index < -0.39 is 30.7 Å². The van der Waals surface area contributed by atoms with Crippen LogP contribution in [0.15, 0.2) is 12.1 Å². The van der Waals surface area contributed by atoms with Gasteiger partial charge in [0.25, 0.3) is 12.3 Å². The molecule has 1 atom stereocenters. The topological polar surface area (TPSA) is 60.8 Å². The first-order valence-electron chi connectivity index (χ1n) is 5.65. The molecular weight excluding hydrogens is 315 g/mol. The van der Waals surface area contributed by atoms with Crippen molar-refractivity contribution in [3.05, 3.63) is 27.7 Å². The maximum atomic E-state index is 12.5. The smallest absolute Gasteiger partial charge is 0.258 e. The predicted octanol–water partition coefficient (Wildman–Crippen LogP) is 2.79. The third-order valence-corrected chi connectivity index (χ3v) is 2.90. The van der Waals surface area contributed by atoms with Crippen LogP contribution in [0.5, 0.6) is 5.75 Å². The number of aliphatic hydroxyl groups excluding tert-OH is 1. The van der Waals surface area contributed by atoms with E-state index in [1.54, 1.807) is 0 Å². The van der Waals surface area contributed by atoms with Crippen molar-refractivity contribution in [3.63, 3.8) is 0 Å². The van der Waals surface area contributed by atoms with Crippen LogP contribution in [-0.2, 0) is 0 Å². The molecule has 4 nitrogen and oxygen atoms in total. The number of benzene rings is 1. The normalized spacial score (nSPS) is 12.6. The van der Waals surface area contributed by atoms with Crippen molar-refractivity contribution in [1.82, 2.24) is 4.90 Å². The summed E-state index contributed by atoms with van der Waals surface area (Å²) in [6.45, 7) is 0.191. The number of phenols is 1. The molecular formula is C12H13Cl2F2NO3. The molecule has 1 amide bonds. The molecule has 0 fully saturated rings. The molecule has 20 heavy (non-hydrogen) atoms. The van der Waals surface area contributed by atoms with Crippen LogP contribution in [0, 0.1) is 0 Å². The van der Waals surface area contributed by atoms with Gasteiger partial charge >= 0.3 is 0 Å². The lowest BCUT2D eigenvalue weighted by Gasteiger charge is -2.24. The highest BCUT2D eigenvalue weighted by molar-refractivity contribution is 6.36. The zero-order valence-electron chi connectivity index (χ0n) is 10.5. The third kappa shape index (κ3) is 4.47. The molecule has 1 unspecified atom stereocenters. The molecule has 0 saturated carbocycles. The Morgan fingerprint density at radius 3 is 2.45 bits per heavy atom. The Morgan fingerprint density at radius 2 is 1.95 bits per heavy atom. The molecule has 0 aromatic heterocycles. The molecule has 1 aromatic rings. The summed E-state index contributed by atoms with van der Waals surface area (Å²) >= 11 is 11.4. The summed E-state index contributed by atoms with van der Waals surface area (Å²) < 4.78 is 25.0. The molecule has 0 heterocycles. The van der Waals surface area contributed by atoms with E-state index in [-0.39, 0.29) is 22.2 Å². The van der Waals surface area contributed by atoms with Crippen molar-refractivity contribution in [2.45, 2.75) is 19.5 Å². The number of carbonyl (C=O) groups is 1. The second-order valence-corrected chi connectivity index (χ2v) is 5.08. The van der Waals surface area contributed by atoms with E-state index in [1.165, 1.54) is 13.0 Å². The van der Waals surface area contributed by atoms with Crippen molar-refractivity contribution in [3.8, 4) is 5.75 Å². The lowest BCUT2D eigenvalue weighted by molar-refractivity contribution is 0.0418. The fourth-order valence-corrected chi connectivity index (χ4v) is 2.12. The molecule has 2 N–H and O–H groups in total. The van der Waals surface area contributed by atoms with Crippen molar-refractivity contribution >= 4 is 29.1 Å². The van der Waals surface area contributed by atoms with Crippen molar-refractivity contribution in [2.24, 2.45) is 0 Å². The van der Waals surface area contributed by atoms with Crippen LogP contribution in [0.1, 0.15) is 17.3 Å². The zero-order chi connectivity index (χ0) is 15.4. The first kappa shape index (κ1) is 16.9. The SMILES string of the molecule is CC(O)CN(CC(F)F)C(=O)c1cc(Cl)cc(Cl)c1O. The van der Waals surface area contributed by atoms with Crippen LogP contribution in [0.25, 0.3) is 0 Å². The number of phenolic OH excluding ortho intramolecular Hbond substituents is 1. The Morgan fingerprint density at radius 1 is 1.35 bits per heavy atom. The molecule has 112 valence electrons. The summed E-state index contributed by atoms with van der Waals surface area (Å²) in [5, 5.41) is 18.9. The first-order chi connectivity index (χ1) is 9.22. The summed E-state index contributed by atoms with van der Waals surface area (Å²) in [5.74, 6) is -1.42. The molecule has 1 aromatic carbocycles. The van der Waals surface area contributed by atoms with E-state index in [4.69, 9.17) is 23.2 Å². The fraction of sp³-hybridized carbons (Fsp3) is 0.417. The molecule has 0 radical (unpaired) electrons. The van der Waals surface area contributed by atoms with Gasteiger partial charge in [0, 0.05) is 11.6 Å². The summed E-state index contributed by atoms with van der Waals surface area (Å²) in [7, 11) is 0. The zero-order valence-corrected chi connectivity index (χ0v) is 12.0. The van der Waals surface area contributed by atoms with Gasteiger partial charge in [0.2, 0.25) is 0 Å². The van der Waals surface area contributed by atoms with Gasteiger partial charge in [0.15, 0.2) is 0 Å². The summed E-state index contributed by atoms with van der Waals surface area (Å²) in [6, 6.07) is 2.35. The number of carbonyl (C=O) groups excluding carboxylic acids is 1. The van der Waals surface area contributed by atoms with Gasteiger partial charge in [-0.2, -0.15) is 0 Å². The molecule has 0 aliphatic carbocycles. The molecule has 0 aliphatic heterocycles. The average molecular weight is 328 g/mol. The second kappa shape index (κ2) is 7.06. The Balaban J connectivity index is 3.11. The minimum Gasteiger partial charge on any atom is -0.506 e. The van der Waals surface area contributed by atoms with Crippen molar-refractivity contribution in [1.29, 1.82) is 0 Å². The Bertz CT molecular complexity index is 488. The number of aromatic hydroxyl groups is 1. The number of halogens is 4. The lowest BCUT2D eigenvalue weighted by Crippen LogP contribution is -2.39. The first-order valence-corrected chi connectivity index (χ1v) is 6.41. The largest absolute Gasteiger partial charge is 0.506 e. The van der Waals surface area contributed by atoms with Crippen LogP contribution >= 0.6 is 23.2 Å². The van der Waals surface area contributed by atoms with E-state index >= 15 is 0 Å². The molecule has 1 rings (SSSR count). The van der Waals surface area contributed by atoms with Crippen LogP contribution < -0.4 is 0 Å². The monoisotopic (exact) mass is 327 g/mol. The Kier molecular flexibility index (Phi) is 5.98. The highest BCUT2D eigenvalue weighted by atomic mass is 35.5. The summed E-state index contributed by atoms with van der Waals surface area (Å²) in [4.78, 5) is 12.9. The molecule has 0 spiro atoms. The predicted molar refractivity (Wildman–Crippen MR) is 71.7 cm³/mol. The van der Waals surface area contributed by atoms with Gasteiger partial charge in [-0.15, -0.1) is 0 Å². The Labute approximate surface area is 124 Å². The van der Waals surface area contributed by atoms with Gasteiger partial charge in [-0.25, -0.2) is 8.78 Å². The van der Waals surface area contributed by atoms with E-state index in [9.17, 15) is 23.8 Å². The maximum absolute atomic E-state index is 12.5. The van der Waals surface area contributed by atoms with E-state index in [1.807, 2.05) is 0 Å². The number of amides is 1. The molecule has 0 bridgehead atoms. The van der Waals surface area contributed by atoms with Crippen LogP contribution in [0.4, 0.5) is 8.78 Å². The van der Waals surface area contributed by atoms with Gasteiger partial charge in [-0.05, 0) is 19.1 Å². The van der Waals surface area contributed by atoms with E-state index in [0.717, 1.165) is 11.0 Å². The quantitative estimate of drug-likeness (QED) is 0.874. The number of aliphatic hydroxyl groups is 1. The van der Waals surface area contributed by atoms with Gasteiger partial charge < -0.3 is 15.1 Å². The van der Waals surface area contributed by atoms with Gasteiger partial charge in [-0.1, -0.05) is 23.2 Å². The van der Waals surface area contributed by atoms with Crippen molar-refractivity contribution in [2.75, 3.05) is 13.1 Å². The van der Waals surface area contributed by atoms with Crippen molar-refractivity contribution < 1.29 is 23.8 Å². The number of alkyl halides is 2. The standard InChI is InChI=1S/C12H13Cl2F2NO3/c1-6(18)4-17(5-10(15)16)12(20)8-2-7(13)3-9(14)11(8)19/h2-3,6,10,18-19H,4-5H2,1H3.